The van der Waals surface area contributed by atoms with E-state index in [0.29, 0.717) is 34.5 Å². The summed E-state index contributed by atoms with van der Waals surface area (Å²) in [7, 11) is 1.00. The number of carbonyl (C=O) groups is 1. The number of hydrogen-bond donors (Lipinski definition) is 4. The van der Waals surface area contributed by atoms with Gasteiger partial charge in [-0.3, -0.25) is 10.2 Å². The summed E-state index contributed by atoms with van der Waals surface area (Å²) in [6.07, 6.45) is 1.05. The van der Waals surface area contributed by atoms with E-state index in [-0.39, 0.29) is 12.3 Å². The van der Waals surface area contributed by atoms with E-state index in [1.54, 1.807) is 12.1 Å². The van der Waals surface area contributed by atoms with E-state index in [1.807, 2.05) is 24.3 Å². The third kappa shape index (κ3) is 4.63. The molecule has 0 saturated heterocycles. The van der Waals surface area contributed by atoms with Crippen LogP contribution in [0.15, 0.2) is 36.4 Å². The van der Waals surface area contributed by atoms with E-state index >= 15 is 0 Å². The molecule has 0 unspecified atom stereocenters. The van der Waals surface area contributed by atoms with Crippen LogP contribution in [0.1, 0.15) is 11.1 Å². The number of carbonyl (C=O) groups excluding carboxylic acids is 1. The molecule has 0 saturated carbocycles. The van der Waals surface area contributed by atoms with Gasteiger partial charge in [-0.05, 0) is 29.7 Å². The minimum absolute atomic E-state index is 0.0998. The highest BCUT2D eigenvalue weighted by Crippen LogP contribution is 2.32. The number of anilines is 1. The molecule has 5 N–H and O–H groups in total. The van der Waals surface area contributed by atoms with E-state index in [1.165, 1.54) is 0 Å². The van der Waals surface area contributed by atoms with Gasteiger partial charge in [0, 0.05) is 30.5 Å². The lowest BCUT2D eigenvalue weighted by molar-refractivity contribution is -0.102. The molecular formula is C17H19ClN2O3. The normalized spacial score (nSPS) is 9.74. The predicted molar refractivity (Wildman–Crippen MR) is 93.1 cm³/mol. The Balaban J connectivity index is 0.00000127. The molecule has 0 atom stereocenters. The number of nitrogen functional groups attached to an aromatic ring is 1. The van der Waals surface area contributed by atoms with Crippen LogP contribution < -0.4 is 5.73 Å². The Morgan fingerprint density at radius 3 is 2.39 bits per heavy atom. The van der Waals surface area contributed by atoms with Crippen molar-refractivity contribution in [3.63, 3.8) is 0 Å². The zero-order valence-electron chi connectivity index (χ0n) is 12.7. The second-order valence-electron chi connectivity index (χ2n) is 4.62. The molecule has 0 radical (unpaired) electrons. The second-order valence-corrected chi connectivity index (χ2v) is 5.03. The zero-order chi connectivity index (χ0) is 17.4. The summed E-state index contributed by atoms with van der Waals surface area (Å²) >= 11 is 6.21. The SMILES string of the molecule is CO.N=C(C=O)c1cc(-c2ccc(CCO)cc2)c(Cl)cc1N. The van der Waals surface area contributed by atoms with E-state index in [2.05, 4.69) is 0 Å². The van der Waals surface area contributed by atoms with Crippen molar-refractivity contribution >= 4 is 29.3 Å². The van der Waals surface area contributed by atoms with Crippen molar-refractivity contribution < 1.29 is 15.0 Å². The highest BCUT2D eigenvalue weighted by Gasteiger charge is 2.11. The fraction of sp³-hybridized carbons (Fsp3) is 0.176. The predicted octanol–water partition coefficient (Wildman–Crippen LogP) is 2.30. The molecule has 5 nitrogen and oxygen atoms in total. The topological polar surface area (TPSA) is 107 Å². The third-order valence-electron chi connectivity index (χ3n) is 3.21. The minimum Gasteiger partial charge on any atom is -0.400 e. The van der Waals surface area contributed by atoms with Crippen LogP contribution in [0.3, 0.4) is 0 Å². The molecule has 0 aromatic heterocycles. The minimum atomic E-state index is -0.178. The molecule has 0 aliphatic rings. The maximum absolute atomic E-state index is 10.8. The Morgan fingerprint density at radius 2 is 1.87 bits per heavy atom. The maximum atomic E-state index is 10.8. The monoisotopic (exact) mass is 334 g/mol. The van der Waals surface area contributed by atoms with Crippen LogP contribution in [0.25, 0.3) is 11.1 Å². The Morgan fingerprint density at radius 1 is 1.26 bits per heavy atom. The molecular weight excluding hydrogens is 316 g/mol. The molecule has 122 valence electrons. The Hall–Kier alpha value is -2.21. The molecule has 0 spiro atoms. The van der Waals surface area contributed by atoms with Gasteiger partial charge in [-0.25, -0.2) is 0 Å². The number of aldehydes is 1. The van der Waals surface area contributed by atoms with Crippen molar-refractivity contribution in [3.8, 4) is 11.1 Å². The number of aliphatic hydroxyl groups is 2. The molecule has 2 aromatic rings. The standard InChI is InChI=1S/C16H15ClN2O2.CH4O/c17-14-8-15(18)13(16(19)9-21)7-12(14)11-3-1-10(2-4-11)5-6-20;1-2/h1-4,7-9,19-20H,5-6,18H2;2H,1H3. The van der Waals surface area contributed by atoms with Crippen LogP contribution in [0.2, 0.25) is 5.02 Å². The maximum Gasteiger partial charge on any atom is 0.168 e. The van der Waals surface area contributed by atoms with Gasteiger partial charge in [0.25, 0.3) is 0 Å². The van der Waals surface area contributed by atoms with E-state index in [9.17, 15) is 4.79 Å². The molecule has 0 aliphatic carbocycles. The first-order chi connectivity index (χ1) is 11.1. The number of halogens is 1. The first-order valence-electron chi connectivity index (χ1n) is 6.85. The van der Waals surface area contributed by atoms with E-state index in [4.69, 9.17) is 33.0 Å². The summed E-state index contributed by atoms with van der Waals surface area (Å²) < 4.78 is 0. The summed E-state index contributed by atoms with van der Waals surface area (Å²) in [4.78, 5) is 10.8. The third-order valence-corrected chi connectivity index (χ3v) is 3.53. The number of hydrogen-bond acceptors (Lipinski definition) is 5. The lowest BCUT2D eigenvalue weighted by Crippen LogP contribution is -2.05. The van der Waals surface area contributed by atoms with Gasteiger partial charge in [-0.2, -0.15) is 0 Å². The van der Waals surface area contributed by atoms with Crippen LogP contribution in [0, 0.1) is 5.41 Å². The number of aliphatic hydroxyl groups excluding tert-OH is 2. The molecule has 0 amide bonds. The lowest BCUT2D eigenvalue weighted by Gasteiger charge is -2.10. The van der Waals surface area contributed by atoms with Crippen LogP contribution >= 0.6 is 11.6 Å². The number of rotatable bonds is 5. The van der Waals surface area contributed by atoms with Crippen molar-refractivity contribution in [2.45, 2.75) is 6.42 Å². The Bertz CT molecular complexity index is 685. The highest BCUT2D eigenvalue weighted by molar-refractivity contribution is 6.38. The summed E-state index contributed by atoms with van der Waals surface area (Å²) in [5.74, 6) is 0. The highest BCUT2D eigenvalue weighted by atomic mass is 35.5. The molecule has 0 fully saturated rings. The van der Waals surface area contributed by atoms with Gasteiger partial charge in [0.05, 0.1) is 5.02 Å². The van der Waals surface area contributed by atoms with Gasteiger partial charge in [0.1, 0.15) is 5.71 Å². The van der Waals surface area contributed by atoms with Crippen LogP contribution in [0.5, 0.6) is 0 Å². The largest absolute Gasteiger partial charge is 0.400 e. The van der Waals surface area contributed by atoms with Crippen molar-refractivity contribution in [2.24, 2.45) is 0 Å². The Labute approximate surface area is 139 Å². The summed E-state index contributed by atoms with van der Waals surface area (Å²) in [6.45, 7) is 0.0998. The summed E-state index contributed by atoms with van der Waals surface area (Å²) in [5, 5.41) is 24.0. The van der Waals surface area contributed by atoms with Gasteiger partial charge in [0.15, 0.2) is 6.29 Å². The number of nitrogens with one attached hydrogen (secondary N) is 1. The summed E-state index contributed by atoms with van der Waals surface area (Å²) in [5.41, 5.74) is 8.88. The van der Waals surface area contributed by atoms with Crippen molar-refractivity contribution in [2.75, 3.05) is 19.5 Å². The molecule has 0 heterocycles. The fourth-order valence-electron chi connectivity index (χ4n) is 2.09. The summed E-state index contributed by atoms with van der Waals surface area (Å²) in [6, 6.07) is 10.8. The molecule has 23 heavy (non-hydrogen) atoms. The van der Waals surface area contributed by atoms with Crippen molar-refractivity contribution in [3.05, 3.63) is 52.5 Å². The fourth-order valence-corrected chi connectivity index (χ4v) is 2.37. The molecule has 2 aromatic carbocycles. The van der Waals surface area contributed by atoms with Gasteiger partial charge in [-0.15, -0.1) is 0 Å². The number of nitrogens with two attached hydrogens (primary N) is 1. The van der Waals surface area contributed by atoms with Crippen LogP contribution in [-0.2, 0) is 11.2 Å². The first-order valence-corrected chi connectivity index (χ1v) is 7.22. The first kappa shape index (κ1) is 18.8. The van der Waals surface area contributed by atoms with E-state index < -0.39 is 0 Å². The molecule has 0 bridgehead atoms. The van der Waals surface area contributed by atoms with Gasteiger partial charge < -0.3 is 15.9 Å². The lowest BCUT2D eigenvalue weighted by atomic mass is 9.98. The average molecular weight is 335 g/mol. The quantitative estimate of drug-likeness (QED) is 0.382. The zero-order valence-corrected chi connectivity index (χ0v) is 13.5. The molecule has 0 aliphatic heterocycles. The molecule has 6 heteroatoms. The van der Waals surface area contributed by atoms with Crippen molar-refractivity contribution in [1.82, 2.24) is 0 Å². The Kier molecular flexibility index (Phi) is 7.41. The second kappa shape index (κ2) is 9.05. The van der Waals surface area contributed by atoms with Crippen LogP contribution in [0.4, 0.5) is 5.69 Å². The van der Waals surface area contributed by atoms with Gasteiger partial charge in [-0.1, -0.05) is 35.9 Å². The smallest absolute Gasteiger partial charge is 0.168 e. The molecule has 2 rings (SSSR count). The van der Waals surface area contributed by atoms with Gasteiger partial charge in [0.2, 0.25) is 0 Å². The van der Waals surface area contributed by atoms with E-state index in [0.717, 1.165) is 18.2 Å². The van der Waals surface area contributed by atoms with Crippen LogP contribution in [-0.4, -0.2) is 35.9 Å². The van der Waals surface area contributed by atoms with Crippen molar-refractivity contribution in [1.29, 1.82) is 5.41 Å². The van der Waals surface area contributed by atoms with Gasteiger partial charge >= 0.3 is 0 Å². The average Bonchev–Trinajstić information content (AvgIpc) is 2.57. The number of benzene rings is 2.